The molecule has 0 nitrogen and oxygen atoms in total. The second kappa shape index (κ2) is 3.50. The van der Waals surface area contributed by atoms with Gasteiger partial charge in [0.15, 0.2) is 0 Å². The molecule has 90 valence electrons. The molecule has 0 heteroatoms. The molecule has 1 rings (SSSR count). The quantitative estimate of drug-likeness (QED) is 0.563. The zero-order valence-corrected chi connectivity index (χ0v) is 12.1. The standard InChI is InChI=1S/C15H30/c1-13(2,3)10-11-9-12(14(4,5)6)15(11,7)8/h11-12H,9-10H2,1-8H3. The first-order valence-corrected chi connectivity index (χ1v) is 6.44. The van der Waals surface area contributed by atoms with Gasteiger partial charge in [0, 0.05) is 0 Å². The normalized spacial score (nSPS) is 31.2. The maximum atomic E-state index is 2.48. The van der Waals surface area contributed by atoms with Crippen LogP contribution in [-0.4, -0.2) is 0 Å². The fraction of sp³-hybridized carbons (Fsp3) is 1.00. The fourth-order valence-corrected chi connectivity index (χ4v) is 3.57. The highest BCUT2D eigenvalue weighted by Crippen LogP contribution is 2.60. The lowest BCUT2D eigenvalue weighted by Crippen LogP contribution is -2.51. The third-order valence-electron chi connectivity index (χ3n) is 4.37. The summed E-state index contributed by atoms with van der Waals surface area (Å²) in [5.41, 5.74) is 1.52. The summed E-state index contributed by atoms with van der Waals surface area (Å²) >= 11 is 0. The molecule has 1 aliphatic carbocycles. The van der Waals surface area contributed by atoms with Gasteiger partial charge in [-0.3, -0.25) is 0 Å². The molecule has 0 aromatic rings. The highest BCUT2D eigenvalue weighted by atomic mass is 14.6. The smallest absolute Gasteiger partial charge is 0.0292 e. The third-order valence-corrected chi connectivity index (χ3v) is 4.37. The van der Waals surface area contributed by atoms with Crippen molar-refractivity contribution in [1.29, 1.82) is 0 Å². The van der Waals surface area contributed by atoms with Crippen LogP contribution in [-0.2, 0) is 0 Å². The lowest BCUT2D eigenvalue weighted by Gasteiger charge is -2.59. The summed E-state index contributed by atoms with van der Waals surface area (Å²) in [4.78, 5) is 0. The van der Waals surface area contributed by atoms with Crippen molar-refractivity contribution in [1.82, 2.24) is 0 Å². The highest BCUT2D eigenvalue weighted by Gasteiger charge is 2.52. The minimum Gasteiger partial charge on any atom is -0.0602 e. The van der Waals surface area contributed by atoms with E-state index in [0.29, 0.717) is 16.2 Å². The molecule has 1 saturated carbocycles. The monoisotopic (exact) mass is 210 g/mol. The minimum atomic E-state index is 0.484. The molecule has 0 aromatic heterocycles. The van der Waals surface area contributed by atoms with Crippen LogP contribution in [0.25, 0.3) is 0 Å². The lowest BCUT2D eigenvalue weighted by atomic mass is 9.46. The van der Waals surface area contributed by atoms with E-state index in [2.05, 4.69) is 55.4 Å². The van der Waals surface area contributed by atoms with E-state index in [4.69, 9.17) is 0 Å². The van der Waals surface area contributed by atoms with Crippen molar-refractivity contribution in [3.05, 3.63) is 0 Å². The summed E-state index contributed by atoms with van der Waals surface area (Å²) in [6, 6.07) is 0. The average molecular weight is 210 g/mol. The number of rotatable bonds is 1. The van der Waals surface area contributed by atoms with Crippen molar-refractivity contribution >= 4 is 0 Å². The Balaban J connectivity index is 2.64. The molecule has 0 amide bonds. The SMILES string of the molecule is CC(C)(C)CC1CC(C(C)(C)C)C1(C)C. The summed E-state index contributed by atoms with van der Waals surface area (Å²) < 4.78 is 0. The van der Waals surface area contributed by atoms with Crippen molar-refractivity contribution < 1.29 is 0 Å². The van der Waals surface area contributed by atoms with E-state index < -0.39 is 0 Å². The van der Waals surface area contributed by atoms with Crippen LogP contribution in [0, 0.1) is 28.1 Å². The van der Waals surface area contributed by atoms with E-state index >= 15 is 0 Å². The van der Waals surface area contributed by atoms with Gasteiger partial charge in [0.1, 0.15) is 0 Å². The van der Waals surface area contributed by atoms with Crippen LogP contribution >= 0.6 is 0 Å². The van der Waals surface area contributed by atoms with Crippen LogP contribution in [0.1, 0.15) is 68.2 Å². The van der Waals surface area contributed by atoms with Crippen LogP contribution < -0.4 is 0 Å². The van der Waals surface area contributed by atoms with Gasteiger partial charge < -0.3 is 0 Å². The molecular weight excluding hydrogens is 180 g/mol. The minimum absolute atomic E-state index is 0.484. The summed E-state index contributed by atoms with van der Waals surface area (Å²) in [6.45, 7) is 19.2. The number of hydrogen-bond acceptors (Lipinski definition) is 0. The topological polar surface area (TPSA) is 0 Å². The Hall–Kier alpha value is 0. The zero-order valence-electron chi connectivity index (χ0n) is 12.1. The largest absolute Gasteiger partial charge is 0.0602 e. The molecule has 0 aromatic carbocycles. The van der Waals surface area contributed by atoms with Gasteiger partial charge in [-0.25, -0.2) is 0 Å². The van der Waals surface area contributed by atoms with Gasteiger partial charge in [-0.1, -0.05) is 55.4 Å². The molecule has 0 saturated heterocycles. The first-order valence-electron chi connectivity index (χ1n) is 6.44. The van der Waals surface area contributed by atoms with Crippen LogP contribution in [0.5, 0.6) is 0 Å². The predicted molar refractivity (Wildman–Crippen MR) is 68.9 cm³/mol. The molecule has 2 unspecified atom stereocenters. The van der Waals surface area contributed by atoms with Crippen molar-refractivity contribution in [2.75, 3.05) is 0 Å². The van der Waals surface area contributed by atoms with Gasteiger partial charge in [0.2, 0.25) is 0 Å². The van der Waals surface area contributed by atoms with Gasteiger partial charge >= 0.3 is 0 Å². The van der Waals surface area contributed by atoms with E-state index in [1.54, 1.807) is 0 Å². The van der Waals surface area contributed by atoms with Crippen molar-refractivity contribution in [3.63, 3.8) is 0 Å². The lowest BCUT2D eigenvalue weighted by molar-refractivity contribution is -0.0991. The summed E-state index contributed by atoms with van der Waals surface area (Å²) in [5, 5.41) is 0. The maximum absolute atomic E-state index is 2.48. The van der Waals surface area contributed by atoms with Crippen molar-refractivity contribution in [2.24, 2.45) is 28.1 Å². The Bertz CT molecular complexity index is 221. The molecule has 0 heterocycles. The zero-order chi connectivity index (χ0) is 12.1. The highest BCUT2D eigenvalue weighted by molar-refractivity contribution is 5.01. The second-order valence-corrected chi connectivity index (χ2v) is 8.44. The van der Waals surface area contributed by atoms with Gasteiger partial charge in [-0.05, 0) is 40.9 Å². The van der Waals surface area contributed by atoms with E-state index in [9.17, 15) is 0 Å². The second-order valence-electron chi connectivity index (χ2n) is 8.44. The van der Waals surface area contributed by atoms with E-state index in [0.717, 1.165) is 11.8 Å². The molecule has 0 bridgehead atoms. The van der Waals surface area contributed by atoms with E-state index in [-0.39, 0.29) is 0 Å². The summed E-state index contributed by atoms with van der Waals surface area (Å²) in [7, 11) is 0. The van der Waals surface area contributed by atoms with Crippen LogP contribution in [0.3, 0.4) is 0 Å². The maximum Gasteiger partial charge on any atom is -0.0292 e. The Labute approximate surface area is 96.8 Å². The Kier molecular flexibility index (Phi) is 3.05. The van der Waals surface area contributed by atoms with E-state index in [1.165, 1.54) is 12.8 Å². The Morgan fingerprint density at radius 3 is 1.73 bits per heavy atom. The molecule has 0 aliphatic heterocycles. The first kappa shape index (κ1) is 13.1. The molecule has 2 atom stereocenters. The average Bonchev–Trinajstić information content (AvgIpc) is 1.93. The molecule has 0 radical (unpaired) electrons. The summed E-state index contributed by atoms with van der Waals surface area (Å²) in [6.07, 6.45) is 2.82. The van der Waals surface area contributed by atoms with Gasteiger partial charge in [0.05, 0.1) is 0 Å². The van der Waals surface area contributed by atoms with Gasteiger partial charge in [-0.2, -0.15) is 0 Å². The fourth-order valence-electron chi connectivity index (χ4n) is 3.57. The molecule has 0 spiro atoms. The van der Waals surface area contributed by atoms with Crippen molar-refractivity contribution in [3.8, 4) is 0 Å². The molecule has 1 aliphatic rings. The van der Waals surface area contributed by atoms with Gasteiger partial charge in [0.25, 0.3) is 0 Å². The summed E-state index contributed by atoms with van der Waals surface area (Å²) in [5.74, 6) is 1.83. The van der Waals surface area contributed by atoms with Crippen molar-refractivity contribution in [2.45, 2.75) is 68.2 Å². The molecule has 0 N–H and O–H groups in total. The predicted octanol–water partition coefficient (Wildman–Crippen LogP) is 5.13. The number of hydrogen-bond donors (Lipinski definition) is 0. The molecule has 15 heavy (non-hydrogen) atoms. The Morgan fingerprint density at radius 2 is 1.47 bits per heavy atom. The Morgan fingerprint density at radius 1 is 1.00 bits per heavy atom. The molecule has 1 fully saturated rings. The first-order chi connectivity index (χ1) is 6.44. The third kappa shape index (κ3) is 2.77. The van der Waals surface area contributed by atoms with Crippen LogP contribution in [0.2, 0.25) is 0 Å². The van der Waals surface area contributed by atoms with E-state index in [1.807, 2.05) is 0 Å². The van der Waals surface area contributed by atoms with Gasteiger partial charge in [-0.15, -0.1) is 0 Å². The van der Waals surface area contributed by atoms with Crippen LogP contribution in [0.4, 0.5) is 0 Å². The van der Waals surface area contributed by atoms with Crippen LogP contribution in [0.15, 0.2) is 0 Å². The molecular formula is C15H30.